The third-order valence-electron chi connectivity index (χ3n) is 3.52. The zero-order valence-corrected chi connectivity index (χ0v) is 15.1. The number of rotatable bonds is 5. The molecule has 25 heavy (non-hydrogen) atoms. The Balaban J connectivity index is 1.69. The number of aromatic nitrogens is 3. The fraction of sp³-hybridized carbons (Fsp3) is 0.111. The van der Waals surface area contributed by atoms with Gasteiger partial charge in [0, 0.05) is 35.3 Å². The molecule has 0 unspecified atom stereocenters. The molecular formula is C18H16BrN5O. The van der Waals surface area contributed by atoms with E-state index in [2.05, 4.69) is 41.5 Å². The van der Waals surface area contributed by atoms with Crippen LogP contribution in [0.15, 0.2) is 59.5 Å². The minimum absolute atomic E-state index is 0.278. The highest BCUT2D eigenvalue weighted by molar-refractivity contribution is 9.10. The van der Waals surface area contributed by atoms with Gasteiger partial charge in [0.2, 0.25) is 5.95 Å². The highest BCUT2D eigenvalue weighted by Gasteiger charge is 2.10. The van der Waals surface area contributed by atoms with Gasteiger partial charge in [0.15, 0.2) is 0 Å². The second kappa shape index (κ2) is 7.85. The number of nitrogens with one attached hydrogen (secondary N) is 2. The van der Waals surface area contributed by atoms with Crippen LogP contribution in [0.3, 0.4) is 0 Å². The maximum Gasteiger partial charge on any atom is 0.274 e. The van der Waals surface area contributed by atoms with Crippen molar-refractivity contribution < 1.29 is 4.79 Å². The van der Waals surface area contributed by atoms with Crippen LogP contribution in [0.2, 0.25) is 0 Å². The van der Waals surface area contributed by atoms with E-state index in [-0.39, 0.29) is 5.91 Å². The van der Waals surface area contributed by atoms with Gasteiger partial charge in [0.05, 0.1) is 0 Å². The molecule has 2 N–H and O–H groups in total. The molecule has 0 fully saturated rings. The van der Waals surface area contributed by atoms with Crippen LogP contribution in [-0.2, 0) is 6.54 Å². The average Bonchev–Trinajstić information content (AvgIpc) is 2.63. The number of hydrogen-bond donors (Lipinski definition) is 2. The molecule has 126 valence electrons. The van der Waals surface area contributed by atoms with Gasteiger partial charge >= 0.3 is 0 Å². The van der Waals surface area contributed by atoms with Crippen LogP contribution in [0.25, 0.3) is 0 Å². The highest BCUT2D eigenvalue weighted by Crippen LogP contribution is 2.20. The summed E-state index contributed by atoms with van der Waals surface area (Å²) in [5, 5.41) is 5.97. The van der Waals surface area contributed by atoms with Crippen molar-refractivity contribution in [2.45, 2.75) is 13.5 Å². The van der Waals surface area contributed by atoms with Gasteiger partial charge in [-0.25, -0.2) is 9.97 Å². The Morgan fingerprint density at radius 3 is 2.68 bits per heavy atom. The van der Waals surface area contributed by atoms with Crippen LogP contribution in [0.4, 0.5) is 11.6 Å². The summed E-state index contributed by atoms with van der Waals surface area (Å²) in [5.41, 5.74) is 3.07. The smallest absolute Gasteiger partial charge is 0.274 e. The fourth-order valence-corrected chi connectivity index (χ4v) is 2.68. The number of amides is 1. The van der Waals surface area contributed by atoms with Crippen molar-refractivity contribution in [1.82, 2.24) is 15.0 Å². The maximum atomic E-state index is 12.4. The largest absolute Gasteiger partial charge is 0.350 e. The van der Waals surface area contributed by atoms with E-state index in [0.717, 1.165) is 21.3 Å². The number of anilines is 2. The molecule has 0 spiro atoms. The second-order valence-corrected chi connectivity index (χ2v) is 6.30. The van der Waals surface area contributed by atoms with E-state index >= 15 is 0 Å². The molecule has 6 nitrogen and oxygen atoms in total. The number of carbonyl (C=O) groups is 1. The average molecular weight is 398 g/mol. The molecule has 0 saturated carbocycles. The third kappa shape index (κ3) is 4.60. The number of nitrogens with zero attached hydrogens (tertiary/aromatic N) is 3. The monoisotopic (exact) mass is 397 g/mol. The van der Waals surface area contributed by atoms with Gasteiger partial charge in [-0.1, -0.05) is 15.9 Å². The van der Waals surface area contributed by atoms with Crippen molar-refractivity contribution >= 4 is 33.5 Å². The standard InChI is InChI=1S/C18H16BrN5O/c1-12-10-14(19)2-3-15(12)23-17(25)16-6-9-21-18(24-16)22-11-13-4-7-20-8-5-13/h2-10H,11H2,1H3,(H,23,25)(H,21,22,24). The van der Waals surface area contributed by atoms with Gasteiger partial charge < -0.3 is 10.6 Å². The van der Waals surface area contributed by atoms with Gasteiger partial charge in [-0.15, -0.1) is 0 Å². The molecule has 0 aliphatic carbocycles. The van der Waals surface area contributed by atoms with Gasteiger partial charge in [-0.05, 0) is 54.4 Å². The summed E-state index contributed by atoms with van der Waals surface area (Å²) in [5.74, 6) is 0.122. The van der Waals surface area contributed by atoms with Gasteiger partial charge in [0.1, 0.15) is 5.69 Å². The molecule has 0 saturated heterocycles. The first-order valence-corrected chi connectivity index (χ1v) is 8.44. The van der Waals surface area contributed by atoms with Crippen molar-refractivity contribution in [3.8, 4) is 0 Å². The molecule has 0 aliphatic heterocycles. The van der Waals surface area contributed by atoms with Crippen molar-refractivity contribution in [2.75, 3.05) is 10.6 Å². The predicted molar refractivity (Wildman–Crippen MR) is 100 cm³/mol. The van der Waals surface area contributed by atoms with Gasteiger partial charge in [-0.2, -0.15) is 0 Å². The van der Waals surface area contributed by atoms with Crippen LogP contribution in [0.1, 0.15) is 21.6 Å². The SMILES string of the molecule is Cc1cc(Br)ccc1NC(=O)c1ccnc(NCc2ccncc2)n1. The molecule has 7 heteroatoms. The maximum absolute atomic E-state index is 12.4. The Morgan fingerprint density at radius 2 is 1.92 bits per heavy atom. The van der Waals surface area contributed by atoms with E-state index in [0.29, 0.717) is 18.2 Å². The number of pyridine rings is 1. The van der Waals surface area contributed by atoms with Crippen LogP contribution < -0.4 is 10.6 Å². The summed E-state index contributed by atoms with van der Waals surface area (Å²) in [6.45, 7) is 2.49. The number of halogens is 1. The molecule has 3 rings (SSSR count). The van der Waals surface area contributed by atoms with Crippen molar-refractivity contribution in [2.24, 2.45) is 0 Å². The first kappa shape index (κ1) is 17.0. The Bertz CT molecular complexity index is 886. The normalized spacial score (nSPS) is 10.3. The molecule has 0 radical (unpaired) electrons. The predicted octanol–water partition coefficient (Wildman–Crippen LogP) is 3.81. The molecule has 1 amide bonds. The lowest BCUT2D eigenvalue weighted by Crippen LogP contribution is -2.16. The molecule has 2 heterocycles. The molecule has 0 atom stereocenters. The first-order valence-electron chi connectivity index (χ1n) is 7.65. The summed E-state index contributed by atoms with van der Waals surface area (Å²) in [6, 6.07) is 11.1. The van der Waals surface area contributed by atoms with E-state index in [9.17, 15) is 4.79 Å². The summed E-state index contributed by atoms with van der Waals surface area (Å²) < 4.78 is 0.965. The van der Waals surface area contributed by atoms with Crippen LogP contribution >= 0.6 is 15.9 Å². The fourth-order valence-electron chi connectivity index (χ4n) is 2.21. The summed E-state index contributed by atoms with van der Waals surface area (Å²) in [6.07, 6.45) is 5.01. The van der Waals surface area contributed by atoms with Crippen LogP contribution in [-0.4, -0.2) is 20.9 Å². The minimum Gasteiger partial charge on any atom is -0.350 e. The third-order valence-corrected chi connectivity index (χ3v) is 4.02. The Morgan fingerprint density at radius 1 is 1.12 bits per heavy atom. The van der Waals surface area contributed by atoms with E-state index < -0.39 is 0 Å². The quantitative estimate of drug-likeness (QED) is 0.684. The summed E-state index contributed by atoms with van der Waals surface area (Å²) >= 11 is 3.41. The van der Waals surface area contributed by atoms with E-state index in [1.54, 1.807) is 24.7 Å². The molecular weight excluding hydrogens is 382 g/mol. The lowest BCUT2D eigenvalue weighted by molar-refractivity contribution is 0.102. The highest BCUT2D eigenvalue weighted by atomic mass is 79.9. The topological polar surface area (TPSA) is 79.8 Å². The Kier molecular flexibility index (Phi) is 5.35. The Hall–Kier alpha value is -2.80. The number of hydrogen-bond acceptors (Lipinski definition) is 5. The van der Waals surface area contributed by atoms with Crippen molar-refractivity contribution in [1.29, 1.82) is 0 Å². The van der Waals surface area contributed by atoms with E-state index in [4.69, 9.17) is 0 Å². The van der Waals surface area contributed by atoms with Crippen molar-refractivity contribution in [3.63, 3.8) is 0 Å². The minimum atomic E-state index is -0.278. The van der Waals surface area contributed by atoms with Crippen LogP contribution in [0, 0.1) is 6.92 Å². The lowest BCUT2D eigenvalue weighted by atomic mass is 10.2. The lowest BCUT2D eigenvalue weighted by Gasteiger charge is -2.09. The second-order valence-electron chi connectivity index (χ2n) is 5.39. The van der Waals surface area contributed by atoms with E-state index in [1.807, 2.05) is 37.3 Å². The Labute approximate surface area is 153 Å². The number of aryl methyl sites for hydroxylation is 1. The molecule has 0 bridgehead atoms. The zero-order chi connectivity index (χ0) is 17.6. The number of benzene rings is 1. The molecule has 2 aromatic heterocycles. The van der Waals surface area contributed by atoms with Crippen molar-refractivity contribution in [3.05, 3.63) is 76.3 Å². The van der Waals surface area contributed by atoms with Gasteiger partial charge in [-0.3, -0.25) is 9.78 Å². The summed E-state index contributed by atoms with van der Waals surface area (Å²) in [4.78, 5) is 24.8. The van der Waals surface area contributed by atoms with Crippen LogP contribution in [0.5, 0.6) is 0 Å². The molecule has 1 aromatic carbocycles. The summed E-state index contributed by atoms with van der Waals surface area (Å²) in [7, 11) is 0. The van der Waals surface area contributed by atoms with E-state index in [1.165, 1.54) is 0 Å². The number of carbonyl (C=O) groups excluding carboxylic acids is 1. The molecule has 3 aromatic rings. The zero-order valence-electron chi connectivity index (χ0n) is 13.5. The first-order chi connectivity index (χ1) is 12.1. The van der Waals surface area contributed by atoms with Gasteiger partial charge in [0.25, 0.3) is 5.91 Å². The molecule has 0 aliphatic rings.